The van der Waals surface area contributed by atoms with Gasteiger partial charge in [-0.3, -0.25) is 14.4 Å². The minimum absolute atomic E-state index is 0.0903. The highest BCUT2D eigenvalue weighted by molar-refractivity contribution is 8.04. The van der Waals surface area contributed by atoms with Crippen LogP contribution in [0.1, 0.15) is 0 Å². The van der Waals surface area contributed by atoms with Gasteiger partial charge in [0.05, 0.1) is 11.3 Å². The Balaban J connectivity index is 2.54. The summed E-state index contributed by atoms with van der Waals surface area (Å²) in [6.07, 6.45) is 2.75. The van der Waals surface area contributed by atoms with Crippen molar-refractivity contribution in [3.63, 3.8) is 0 Å². The first-order valence-corrected chi connectivity index (χ1v) is 4.36. The first-order chi connectivity index (χ1) is 5.70. The summed E-state index contributed by atoms with van der Waals surface area (Å²) in [5, 5.41) is 0. The molecule has 0 amide bonds. The molecule has 0 aromatic rings. The number of hydrogen-bond donors (Lipinski definition) is 0. The minimum Gasteiger partial charge on any atom is -0.293 e. The van der Waals surface area contributed by atoms with E-state index in [4.69, 9.17) is 0 Å². The number of thioether (sulfide) groups is 1. The van der Waals surface area contributed by atoms with Crippen molar-refractivity contribution < 1.29 is 14.4 Å². The molecule has 1 aliphatic heterocycles. The van der Waals surface area contributed by atoms with Crippen LogP contribution in [0, 0.1) is 0 Å². The predicted molar refractivity (Wildman–Crippen MR) is 43.6 cm³/mol. The van der Waals surface area contributed by atoms with Crippen LogP contribution in [-0.2, 0) is 14.4 Å². The lowest BCUT2D eigenvalue weighted by molar-refractivity contribution is -0.132. The van der Waals surface area contributed by atoms with Gasteiger partial charge < -0.3 is 0 Å². The lowest BCUT2D eigenvalue weighted by atomic mass is 10.00. The Hall–Kier alpha value is -1.16. The van der Waals surface area contributed by atoms with E-state index >= 15 is 0 Å². The van der Waals surface area contributed by atoms with Crippen LogP contribution in [0.25, 0.3) is 0 Å². The van der Waals surface area contributed by atoms with Gasteiger partial charge in [0.2, 0.25) is 11.6 Å². The second kappa shape index (κ2) is 2.42. The Labute approximate surface area is 72.5 Å². The number of carbonyl (C=O) groups excluding carboxylic acids is 3. The number of ketones is 3. The van der Waals surface area contributed by atoms with Crippen molar-refractivity contribution >= 4 is 29.1 Å². The summed E-state index contributed by atoms with van der Waals surface area (Å²) in [5.74, 6) is -1.18. The van der Waals surface area contributed by atoms with Crippen LogP contribution in [0.2, 0.25) is 0 Å². The van der Waals surface area contributed by atoms with Gasteiger partial charge in [0.15, 0.2) is 5.78 Å². The van der Waals surface area contributed by atoms with Crippen molar-refractivity contribution in [3.05, 3.63) is 22.6 Å². The Kier molecular flexibility index (Phi) is 1.51. The van der Waals surface area contributed by atoms with E-state index in [0.717, 1.165) is 0 Å². The molecule has 0 aromatic heterocycles. The van der Waals surface area contributed by atoms with Crippen molar-refractivity contribution in [2.24, 2.45) is 0 Å². The predicted octanol–water partition coefficient (Wildman–Crippen LogP) is 0.264. The molecule has 0 fully saturated rings. The molecule has 0 atom stereocenters. The molecule has 4 heteroatoms. The van der Waals surface area contributed by atoms with E-state index in [0.29, 0.717) is 4.91 Å². The summed E-state index contributed by atoms with van der Waals surface area (Å²) in [4.78, 5) is 33.7. The van der Waals surface area contributed by atoms with Crippen molar-refractivity contribution in [2.75, 3.05) is 5.75 Å². The fourth-order valence-electron chi connectivity index (χ4n) is 1.15. The molecule has 0 radical (unpaired) electrons. The minimum atomic E-state index is -0.650. The lowest BCUT2D eigenvalue weighted by Crippen LogP contribution is -2.21. The Morgan fingerprint density at radius 1 is 1.17 bits per heavy atom. The summed E-state index contributed by atoms with van der Waals surface area (Å²) in [5.41, 5.74) is 0.0903. The monoisotopic (exact) mass is 180 g/mol. The van der Waals surface area contributed by atoms with Crippen molar-refractivity contribution in [1.29, 1.82) is 0 Å². The number of hydrogen-bond acceptors (Lipinski definition) is 4. The molecule has 3 nitrogen and oxygen atoms in total. The number of Topliss-reactive ketones (excluding diaryl/α,β-unsaturated/α-hetero) is 2. The fourth-order valence-corrected chi connectivity index (χ4v) is 2.09. The average molecular weight is 180 g/mol. The number of carbonyl (C=O) groups is 3. The first-order valence-electron chi connectivity index (χ1n) is 3.37. The maximum absolute atomic E-state index is 11.1. The van der Waals surface area contributed by atoms with E-state index in [1.807, 2.05) is 0 Å². The van der Waals surface area contributed by atoms with Gasteiger partial charge in [-0.05, 0) is 12.2 Å². The van der Waals surface area contributed by atoms with E-state index in [9.17, 15) is 14.4 Å². The molecule has 0 spiro atoms. The van der Waals surface area contributed by atoms with Crippen molar-refractivity contribution in [3.8, 4) is 0 Å². The molecule has 0 N–H and O–H groups in total. The Morgan fingerprint density at radius 2 is 1.92 bits per heavy atom. The van der Waals surface area contributed by atoms with E-state index in [2.05, 4.69) is 0 Å². The quantitative estimate of drug-likeness (QED) is 0.305. The van der Waals surface area contributed by atoms with Gasteiger partial charge in [-0.25, -0.2) is 0 Å². The molecule has 2 rings (SSSR count). The van der Waals surface area contributed by atoms with Crippen LogP contribution in [0.4, 0.5) is 0 Å². The second-order valence-electron chi connectivity index (χ2n) is 2.48. The molecule has 1 aliphatic carbocycles. The summed E-state index contributed by atoms with van der Waals surface area (Å²) in [6.45, 7) is 0. The van der Waals surface area contributed by atoms with Crippen molar-refractivity contribution in [1.82, 2.24) is 0 Å². The van der Waals surface area contributed by atoms with Crippen LogP contribution in [0.3, 0.4) is 0 Å². The maximum Gasteiger partial charge on any atom is 0.237 e. The van der Waals surface area contributed by atoms with Gasteiger partial charge in [0.25, 0.3) is 0 Å². The van der Waals surface area contributed by atoms with Crippen LogP contribution in [-0.4, -0.2) is 23.1 Å². The van der Waals surface area contributed by atoms with Gasteiger partial charge in [-0.2, -0.15) is 0 Å². The Bertz CT molecular complexity index is 362. The summed E-state index contributed by atoms with van der Waals surface area (Å²) in [7, 11) is 0. The summed E-state index contributed by atoms with van der Waals surface area (Å²) in [6, 6.07) is 0. The topological polar surface area (TPSA) is 51.2 Å². The van der Waals surface area contributed by atoms with Crippen LogP contribution in [0.15, 0.2) is 22.6 Å². The third kappa shape index (κ3) is 0.881. The molecule has 2 aliphatic rings. The summed E-state index contributed by atoms with van der Waals surface area (Å²) < 4.78 is 0. The fraction of sp³-hybridized carbons (Fsp3) is 0.125. The SMILES string of the molecule is O=C1C=CC2=C(C(=O)CS2)C1=O. The van der Waals surface area contributed by atoms with E-state index in [1.54, 1.807) is 0 Å². The summed E-state index contributed by atoms with van der Waals surface area (Å²) >= 11 is 1.31. The van der Waals surface area contributed by atoms with Gasteiger partial charge in [0, 0.05) is 4.91 Å². The molecule has 0 bridgehead atoms. The molecular formula is C8H4O3S. The zero-order chi connectivity index (χ0) is 8.72. The van der Waals surface area contributed by atoms with Gasteiger partial charge in [-0.15, -0.1) is 11.8 Å². The van der Waals surface area contributed by atoms with Crippen LogP contribution < -0.4 is 0 Å². The van der Waals surface area contributed by atoms with Gasteiger partial charge >= 0.3 is 0 Å². The van der Waals surface area contributed by atoms with E-state index < -0.39 is 11.6 Å². The highest BCUT2D eigenvalue weighted by Gasteiger charge is 2.33. The molecule has 0 saturated carbocycles. The first kappa shape index (κ1) is 7.49. The van der Waals surface area contributed by atoms with Crippen LogP contribution >= 0.6 is 11.8 Å². The molecule has 0 saturated heterocycles. The zero-order valence-electron chi connectivity index (χ0n) is 5.99. The largest absolute Gasteiger partial charge is 0.293 e. The Morgan fingerprint density at radius 3 is 2.67 bits per heavy atom. The van der Waals surface area contributed by atoms with E-state index in [1.165, 1.54) is 23.9 Å². The highest BCUT2D eigenvalue weighted by Crippen LogP contribution is 2.32. The van der Waals surface area contributed by atoms with Crippen LogP contribution in [0.5, 0.6) is 0 Å². The van der Waals surface area contributed by atoms with Gasteiger partial charge in [-0.1, -0.05) is 0 Å². The third-order valence-corrected chi connectivity index (χ3v) is 2.78. The highest BCUT2D eigenvalue weighted by atomic mass is 32.2. The average Bonchev–Trinajstić information content (AvgIpc) is 2.41. The molecule has 0 unspecified atom stereocenters. The lowest BCUT2D eigenvalue weighted by Gasteiger charge is -2.02. The zero-order valence-corrected chi connectivity index (χ0v) is 6.81. The molecule has 12 heavy (non-hydrogen) atoms. The van der Waals surface area contributed by atoms with Gasteiger partial charge in [0.1, 0.15) is 0 Å². The number of allylic oxidation sites excluding steroid dienone is 3. The molecular weight excluding hydrogens is 176 g/mol. The maximum atomic E-state index is 11.1. The smallest absolute Gasteiger partial charge is 0.237 e. The van der Waals surface area contributed by atoms with Crippen molar-refractivity contribution in [2.45, 2.75) is 0 Å². The number of rotatable bonds is 0. The van der Waals surface area contributed by atoms with E-state index in [-0.39, 0.29) is 17.1 Å². The molecule has 0 aromatic carbocycles. The second-order valence-corrected chi connectivity index (χ2v) is 3.49. The molecule has 1 heterocycles. The third-order valence-electron chi connectivity index (χ3n) is 1.72. The standard InChI is InChI=1S/C8H4O3S/c9-4-1-2-6-7(8(4)11)5(10)3-12-6/h1-2H,3H2. The normalized spacial score (nSPS) is 22.2. The molecule has 60 valence electrons.